The molecule has 1 aliphatic heterocycles. The van der Waals surface area contributed by atoms with Crippen molar-refractivity contribution in [2.24, 2.45) is 17.8 Å². The van der Waals surface area contributed by atoms with E-state index in [4.69, 9.17) is 11.6 Å². The number of aliphatic carboxylic acids is 1. The van der Waals surface area contributed by atoms with Gasteiger partial charge in [-0.2, -0.15) is 0 Å². The molecule has 2 atom stereocenters. The van der Waals surface area contributed by atoms with Crippen molar-refractivity contribution in [2.45, 2.75) is 12.8 Å². The Morgan fingerprint density at radius 1 is 1.25 bits per heavy atom. The largest absolute Gasteiger partial charge is 0.481 e. The van der Waals surface area contributed by atoms with Crippen molar-refractivity contribution in [1.29, 1.82) is 0 Å². The van der Waals surface area contributed by atoms with Crippen LogP contribution in [0.4, 0.5) is 0 Å². The van der Waals surface area contributed by atoms with Crippen LogP contribution in [0.5, 0.6) is 0 Å². The van der Waals surface area contributed by atoms with E-state index in [9.17, 15) is 14.7 Å². The van der Waals surface area contributed by atoms with Crippen LogP contribution in [-0.2, 0) is 4.79 Å². The van der Waals surface area contributed by atoms with Gasteiger partial charge in [0.15, 0.2) is 0 Å². The van der Waals surface area contributed by atoms with Crippen molar-refractivity contribution in [3.63, 3.8) is 0 Å². The summed E-state index contributed by atoms with van der Waals surface area (Å²) in [7, 11) is 0. The first-order valence-corrected chi connectivity index (χ1v) is 7.21. The third kappa shape index (κ3) is 2.52. The Kier molecular flexibility index (Phi) is 3.42. The van der Waals surface area contributed by atoms with Crippen LogP contribution < -0.4 is 0 Å². The number of hydrogen-bond donors (Lipinski definition) is 1. The molecule has 5 heteroatoms. The molecule has 20 heavy (non-hydrogen) atoms. The van der Waals surface area contributed by atoms with Crippen molar-refractivity contribution >= 4 is 23.5 Å². The Morgan fingerprint density at radius 3 is 2.60 bits per heavy atom. The van der Waals surface area contributed by atoms with Crippen LogP contribution in [0.1, 0.15) is 23.2 Å². The molecule has 1 saturated carbocycles. The van der Waals surface area contributed by atoms with Crippen LogP contribution in [0.15, 0.2) is 24.3 Å². The van der Waals surface area contributed by atoms with E-state index in [2.05, 4.69) is 0 Å². The number of halogens is 1. The standard InChI is InChI=1S/C15H16ClNO3/c16-11-3-1-2-10(6-11)14(18)17-7-12(9-4-5-9)13(8-17)15(19)20/h1-3,6,9,12-13H,4-5,7-8H2,(H,19,20)/t12-,13+/m1/s1. The second-order valence-electron chi connectivity index (χ2n) is 5.67. The fourth-order valence-corrected chi connectivity index (χ4v) is 3.25. The Balaban J connectivity index is 1.78. The minimum Gasteiger partial charge on any atom is -0.481 e. The average Bonchev–Trinajstić information content (AvgIpc) is 3.16. The first kappa shape index (κ1) is 13.4. The number of carbonyl (C=O) groups excluding carboxylic acids is 1. The van der Waals surface area contributed by atoms with Gasteiger partial charge in [0.05, 0.1) is 5.92 Å². The molecule has 1 aliphatic carbocycles. The van der Waals surface area contributed by atoms with Crippen LogP contribution in [-0.4, -0.2) is 35.0 Å². The molecule has 1 N–H and O–H groups in total. The molecule has 1 heterocycles. The molecule has 0 aromatic heterocycles. The van der Waals surface area contributed by atoms with Gasteiger partial charge in [-0.1, -0.05) is 17.7 Å². The van der Waals surface area contributed by atoms with E-state index in [0.29, 0.717) is 29.6 Å². The van der Waals surface area contributed by atoms with Gasteiger partial charge >= 0.3 is 5.97 Å². The molecule has 3 rings (SSSR count). The summed E-state index contributed by atoms with van der Waals surface area (Å²) in [5.74, 6) is -0.750. The van der Waals surface area contributed by atoms with Gasteiger partial charge in [0, 0.05) is 23.7 Å². The molecule has 0 unspecified atom stereocenters. The molecule has 0 spiro atoms. The van der Waals surface area contributed by atoms with E-state index in [0.717, 1.165) is 12.8 Å². The van der Waals surface area contributed by atoms with Crippen LogP contribution in [0, 0.1) is 17.8 Å². The van der Waals surface area contributed by atoms with Crippen molar-refractivity contribution in [2.75, 3.05) is 13.1 Å². The van der Waals surface area contributed by atoms with Gasteiger partial charge in [0.1, 0.15) is 0 Å². The van der Waals surface area contributed by atoms with Gasteiger partial charge in [0.25, 0.3) is 5.91 Å². The molecule has 4 nitrogen and oxygen atoms in total. The number of amides is 1. The van der Waals surface area contributed by atoms with E-state index in [1.165, 1.54) is 0 Å². The number of rotatable bonds is 3. The highest BCUT2D eigenvalue weighted by atomic mass is 35.5. The summed E-state index contributed by atoms with van der Waals surface area (Å²) in [4.78, 5) is 25.4. The van der Waals surface area contributed by atoms with Gasteiger partial charge in [-0.15, -0.1) is 0 Å². The molecule has 0 radical (unpaired) electrons. The SMILES string of the molecule is O=C(O)[C@H]1CN(C(=O)c2cccc(Cl)c2)C[C@@H]1C1CC1. The number of benzene rings is 1. The lowest BCUT2D eigenvalue weighted by molar-refractivity contribution is -0.142. The fraction of sp³-hybridized carbons (Fsp3) is 0.467. The zero-order valence-electron chi connectivity index (χ0n) is 11.0. The van der Waals surface area contributed by atoms with Gasteiger partial charge in [-0.25, -0.2) is 0 Å². The van der Waals surface area contributed by atoms with Crippen molar-refractivity contribution in [1.82, 2.24) is 4.90 Å². The fourth-order valence-electron chi connectivity index (χ4n) is 3.06. The maximum Gasteiger partial charge on any atom is 0.308 e. The molecular weight excluding hydrogens is 278 g/mol. The molecular formula is C15H16ClNO3. The lowest BCUT2D eigenvalue weighted by Crippen LogP contribution is -2.29. The second-order valence-corrected chi connectivity index (χ2v) is 6.10. The quantitative estimate of drug-likeness (QED) is 0.931. The maximum absolute atomic E-state index is 12.4. The van der Waals surface area contributed by atoms with Crippen LogP contribution in [0.25, 0.3) is 0 Å². The van der Waals surface area contributed by atoms with Crippen molar-refractivity contribution in [3.8, 4) is 0 Å². The third-order valence-corrected chi connectivity index (χ3v) is 4.50. The number of carboxylic acids is 1. The lowest BCUT2D eigenvalue weighted by Gasteiger charge is -2.16. The highest BCUT2D eigenvalue weighted by Gasteiger charge is 2.46. The average molecular weight is 294 g/mol. The molecule has 2 fully saturated rings. The zero-order valence-corrected chi connectivity index (χ0v) is 11.7. The molecule has 1 amide bonds. The van der Waals surface area contributed by atoms with Crippen LogP contribution >= 0.6 is 11.6 Å². The highest BCUT2D eigenvalue weighted by Crippen LogP contribution is 2.44. The van der Waals surface area contributed by atoms with Crippen LogP contribution in [0.3, 0.4) is 0 Å². The third-order valence-electron chi connectivity index (χ3n) is 4.27. The summed E-state index contributed by atoms with van der Waals surface area (Å²) in [6, 6.07) is 6.80. The molecule has 1 saturated heterocycles. The van der Waals surface area contributed by atoms with Gasteiger partial charge < -0.3 is 10.0 Å². The molecule has 106 valence electrons. The Bertz CT molecular complexity index is 556. The first-order chi connectivity index (χ1) is 9.56. The normalized spacial score (nSPS) is 25.8. The summed E-state index contributed by atoms with van der Waals surface area (Å²) >= 11 is 5.90. The molecule has 0 bridgehead atoms. The number of nitrogens with zero attached hydrogens (tertiary/aromatic N) is 1. The monoisotopic (exact) mass is 293 g/mol. The summed E-state index contributed by atoms with van der Waals surface area (Å²) in [6.45, 7) is 0.856. The zero-order chi connectivity index (χ0) is 14.3. The van der Waals surface area contributed by atoms with E-state index in [1.807, 2.05) is 0 Å². The van der Waals surface area contributed by atoms with Crippen molar-refractivity contribution < 1.29 is 14.7 Å². The smallest absolute Gasteiger partial charge is 0.308 e. The van der Waals surface area contributed by atoms with Crippen molar-refractivity contribution in [3.05, 3.63) is 34.9 Å². The maximum atomic E-state index is 12.4. The summed E-state index contributed by atoms with van der Waals surface area (Å²) in [5, 5.41) is 9.83. The number of hydrogen-bond acceptors (Lipinski definition) is 2. The van der Waals surface area contributed by atoms with Gasteiger partial charge in [-0.05, 0) is 42.9 Å². The first-order valence-electron chi connectivity index (χ1n) is 6.84. The Morgan fingerprint density at radius 2 is 2.00 bits per heavy atom. The number of likely N-dealkylation sites (tertiary alicyclic amines) is 1. The second kappa shape index (κ2) is 5.09. The topological polar surface area (TPSA) is 57.6 Å². The highest BCUT2D eigenvalue weighted by molar-refractivity contribution is 6.30. The lowest BCUT2D eigenvalue weighted by atomic mass is 9.92. The summed E-state index contributed by atoms with van der Waals surface area (Å²) in [6.07, 6.45) is 2.18. The minimum atomic E-state index is -0.789. The summed E-state index contributed by atoms with van der Waals surface area (Å²) in [5.41, 5.74) is 0.526. The summed E-state index contributed by atoms with van der Waals surface area (Å²) < 4.78 is 0. The predicted octanol–water partition coefficient (Wildman–Crippen LogP) is 2.52. The van der Waals surface area contributed by atoms with E-state index in [1.54, 1.807) is 29.2 Å². The van der Waals surface area contributed by atoms with Gasteiger partial charge in [0.2, 0.25) is 0 Å². The Hall–Kier alpha value is -1.55. The number of carbonyl (C=O) groups is 2. The predicted molar refractivity (Wildman–Crippen MR) is 74.7 cm³/mol. The molecule has 1 aromatic rings. The Labute approximate surface area is 122 Å². The minimum absolute atomic E-state index is 0.107. The molecule has 2 aliphatic rings. The van der Waals surface area contributed by atoms with E-state index in [-0.39, 0.29) is 11.8 Å². The van der Waals surface area contributed by atoms with E-state index >= 15 is 0 Å². The molecule has 1 aromatic carbocycles. The van der Waals surface area contributed by atoms with Gasteiger partial charge in [-0.3, -0.25) is 9.59 Å². The number of carboxylic acid groups (broad SMARTS) is 1. The van der Waals surface area contributed by atoms with Crippen LogP contribution in [0.2, 0.25) is 5.02 Å². The van der Waals surface area contributed by atoms with E-state index < -0.39 is 11.9 Å².